The van der Waals surface area contributed by atoms with E-state index in [-0.39, 0.29) is 5.82 Å². The van der Waals surface area contributed by atoms with E-state index in [1.807, 2.05) is 13.0 Å². The predicted octanol–water partition coefficient (Wildman–Crippen LogP) is 3.37. The molecule has 1 atom stereocenters. The Balaban J connectivity index is 2.40. The van der Waals surface area contributed by atoms with Gasteiger partial charge in [0.05, 0.1) is 4.47 Å². The second-order valence-corrected chi connectivity index (χ2v) is 4.66. The fourth-order valence-corrected chi connectivity index (χ4v) is 1.87. The highest BCUT2D eigenvalue weighted by Crippen LogP contribution is 2.26. The van der Waals surface area contributed by atoms with Crippen LogP contribution in [0.2, 0.25) is 0 Å². The molecule has 88 valence electrons. The molecule has 0 saturated heterocycles. The van der Waals surface area contributed by atoms with Gasteiger partial charge in [0.25, 0.3) is 0 Å². The number of aliphatic hydroxyl groups is 1. The Morgan fingerprint density at radius 1 is 1.35 bits per heavy atom. The molecule has 0 bridgehead atoms. The highest BCUT2D eigenvalue weighted by molar-refractivity contribution is 9.10. The fourth-order valence-electron chi connectivity index (χ4n) is 1.62. The average Bonchev–Trinajstić information content (AvgIpc) is 2.32. The summed E-state index contributed by atoms with van der Waals surface area (Å²) in [7, 11) is 0. The molecule has 1 heterocycles. The number of pyridine rings is 1. The van der Waals surface area contributed by atoms with Gasteiger partial charge in [0.2, 0.25) is 0 Å². The first-order valence-corrected chi connectivity index (χ1v) is 5.92. The Morgan fingerprint density at radius 3 is 2.76 bits per heavy atom. The van der Waals surface area contributed by atoms with Crippen molar-refractivity contribution in [3.8, 4) is 0 Å². The quantitative estimate of drug-likeness (QED) is 0.921. The Bertz CT molecular complexity index is 545. The molecule has 2 aromatic rings. The van der Waals surface area contributed by atoms with Gasteiger partial charge in [-0.25, -0.2) is 4.39 Å². The number of aromatic nitrogens is 1. The Kier molecular flexibility index (Phi) is 3.54. The molecular weight excluding hydrogens is 285 g/mol. The minimum atomic E-state index is -0.855. The fraction of sp³-hybridized carbons (Fsp3) is 0.154. The second kappa shape index (κ2) is 4.94. The van der Waals surface area contributed by atoms with Gasteiger partial charge in [-0.15, -0.1) is 0 Å². The average molecular weight is 296 g/mol. The van der Waals surface area contributed by atoms with Crippen LogP contribution in [0.4, 0.5) is 4.39 Å². The van der Waals surface area contributed by atoms with Gasteiger partial charge in [-0.05, 0) is 52.2 Å². The lowest BCUT2D eigenvalue weighted by Crippen LogP contribution is -2.03. The monoisotopic (exact) mass is 295 g/mol. The van der Waals surface area contributed by atoms with Crippen LogP contribution in [0.1, 0.15) is 22.8 Å². The first-order chi connectivity index (χ1) is 8.09. The van der Waals surface area contributed by atoms with E-state index in [2.05, 4.69) is 20.9 Å². The van der Waals surface area contributed by atoms with Crippen molar-refractivity contribution in [3.63, 3.8) is 0 Å². The van der Waals surface area contributed by atoms with Crippen molar-refractivity contribution in [1.29, 1.82) is 0 Å². The molecule has 0 amide bonds. The van der Waals surface area contributed by atoms with Crippen molar-refractivity contribution in [3.05, 3.63) is 63.6 Å². The van der Waals surface area contributed by atoms with Crippen LogP contribution in [0.5, 0.6) is 0 Å². The molecule has 1 N–H and O–H groups in total. The molecule has 4 heteroatoms. The van der Waals surface area contributed by atoms with Gasteiger partial charge in [-0.1, -0.05) is 6.07 Å². The van der Waals surface area contributed by atoms with Gasteiger partial charge in [-0.3, -0.25) is 4.98 Å². The van der Waals surface area contributed by atoms with Gasteiger partial charge in [0.15, 0.2) is 0 Å². The van der Waals surface area contributed by atoms with Crippen LogP contribution in [0.3, 0.4) is 0 Å². The summed E-state index contributed by atoms with van der Waals surface area (Å²) in [6.07, 6.45) is 2.40. The number of aliphatic hydroxyl groups excluding tert-OH is 1. The third-order valence-corrected chi connectivity index (χ3v) is 3.28. The largest absolute Gasteiger partial charge is 0.384 e. The van der Waals surface area contributed by atoms with Crippen molar-refractivity contribution in [2.45, 2.75) is 13.0 Å². The number of aryl methyl sites for hydroxylation is 1. The molecule has 0 aliphatic carbocycles. The minimum Gasteiger partial charge on any atom is -0.384 e. The van der Waals surface area contributed by atoms with Crippen molar-refractivity contribution >= 4 is 15.9 Å². The van der Waals surface area contributed by atoms with E-state index < -0.39 is 6.10 Å². The molecule has 1 unspecified atom stereocenters. The highest BCUT2D eigenvalue weighted by atomic mass is 79.9. The van der Waals surface area contributed by atoms with Gasteiger partial charge in [-0.2, -0.15) is 0 Å². The normalized spacial score (nSPS) is 12.5. The van der Waals surface area contributed by atoms with E-state index in [9.17, 15) is 9.50 Å². The molecule has 0 saturated carbocycles. The maximum atomic E-state index is 13.4. The number of hydrogen-bond acceptors (Lipinski definition) is 2. The first kappa shape index (κ1) is 12.2. The van der Waals surface area contributed by atoms with E-state index in [0.717, 1.165) is 5.56 Å². The van der Waals surface area contributed by atoms with Crippen molar-refractivity contribution < 1.29 is 9.50 Å². The minimum absolute atomic E-state index is 0.386. The van der Waals surface area contributed by atoms with Gasteiger partial charge < -0.3 is 5.11 Å². The number of benzene rings is 1. The molecule has 0 aliphatic heterocycles. The molecule has 1 aromatic carbocycles. The van der Waals surface area contributed by atoms with Gasteiger partial charge >= 0.3 is 0 Å². The van der Waals surface area contributed by atoms with Gasteiger partial charge in [0.1, 0.15) is 11.9 Å². The van der Waals surface area contributed by atoms with Crippen LogP contribution in [-0.2, 0) is 0 Å². The SMILES string of the molecule is Cc1ccncc1C(O)c1ccc(Br)c(F)c1. The lowest BCUT2D eigenvalue weighted by molar-refractivity contribution is 0.218. The van der Waals surface area contributed by atoms with E-state index >= 15 is 0 Å². The summed E-state index contributed by atoms with van der Waals surface area (Å²) in [6.45, 7) is 1.88. The summed E-state index contributed by atoms with van der Waals surface area (Å²) >= 11 is 3.08. The second-order valence-electron chi connectivity index (χ2n) is 3.81. The topological polar surface area (TPSA) is 33.1 Å². The molecule has 0 radical (unpaired) electrons. The Labute approximate surface area is 107 Å². The third kappa shape index (κ3) is 2.53. The van der Waals surface area contributed by atoms with E-state index in [1.54, 1.807) is 24.5 Å². The number of hydrogen-bond donors (Lipinski definition) is 1. The zero-order valence-electron chi connectivity index (χ0n) is 9.19. The first-order valence-electron chi connectivity index (χ1n) is 5.13. The van der Waals surface area contributed by atoms with Crippen LogP contribution in [-0.4, -0.2) is 10.1 Å². The number of rotatable bonds is 2. The predicted molar refractivity (Wildman–Crippen MR) is 67.1 cm³/mol. The van der Waals surface area contributed by atoms with Crippen LogP contribution in [0, 0.1) is 12.7 Å². The maximum Gasteiger partial charge on any atom is 0.137 e. The highest BCUT2D eigenvalue weighted by Gasteiger charge is 2.14. The number of halogens is 2. The van der Waals surface area contributed by atoms with Crippen LogP contribution < -0.4 is 0 Å². The van der Waals surface area contributed by atoms with E-state index in [1.165, 1.54) is 6.07 Å². The molecule has 0 aliphatic rings. The maximum absolute atomic E-state index is 13.4. The lowest BCUT2D eigenvalue weighted by atomic mass is 9.99. The van der Waals surface area contributed by atoms with Crippen molar-refractivity contribution in [2.24, 2.45) is 0 Å². The summed E-state index contributed by atoms with van der Waals surface area (Å²) in [5.74, 6) is -0.386. The van der Waals surface area contributed by atoms with Crippen LogP contribution in [0.15, 0.2) is 41.1 Å². The molecule has 17 heavy (non-hydrogen) atoms. The summed E-state index contributed by atoms with van der Waals surface area (Å²) in [4.78, 5) is 3.97. The zero-order chi connectivity index (χ0) is 12.4. The molecule has 2 nitrogen and oxygen atoms in total. The van der Waals surface area contributed by atoms with Crippen molar-refractivity contribution in [2.75, 3.05) is 0 Å². The standard InChI is InChI=1S/C13H11BrFNO/c1-8-4-5-16-7-10(8)13(17)9-2-3-11(14)12(15)6-9/h2-7,13,17H,1H3. The zero-order valence-corrected chi connectivity index (χ0v) is 10.8. The Morgan fingerprint density at radius 2 is 2.12 bits per heavy atom. The summed E-state index contributed by atoms with van der Waals surface area (Å²) in [5, 5.41) is 10.2. The smallest absolute Gasteiger partial charge is 0.137 e. The summed E-state index contributed by atoms with van der Waals surface area (Å²) < 4.78 is 13.8. The van der Waals surface area contributed by atoms with Crippen LogP contribution in [0.25, 0.3) is 0 Å². The molecule has 0 spiro atoms. The molecular formula is C13H11BrFNO. The lowest BCUT2D eigenvalue weighted by Gasteiger charge is -2.13. The Hall–Kier alpha value is -1.26. The molecule has 0 fully saturated rings. The van der Waals surface area contributed by atoms with E-state index in [4.69, 9.17) is 0 Å². The van der Waals surface area contributed by atoms with Crippen molar-refractivity contribution in [1.82, 2.24) is 4.98 Å². The summed E-state index contributed by atoms with van der Waals surface area (Å²) in [5.41, 5.74) is 2.13. The molecule has 1 aromatic heterocycles. The number of nitrogens with zero attached hydrogens (tertiary/aromatic N) is 1. The van der Waals surface area contributed by atoms with Gasteiger partial charge in [0, 0.05) is 18.0 Å². The van der Waals surface area contributed by atoms with Crippen LogP contribution >= 0.6 is 15.9 Å². The van der Waals surface area contributed by atoms with E-state index in [0.29, 0.717) is 15.6 Å². The third-order valence-electron chi connectivity index (χ3n) is 2.63. The molecule has 2 rings (SSSR count). The summed E-state index contributed by atoms with van der Waals surface area (Å²) in [6, 6.07) is 6.40.